The third-order valence-electron chi connectivity index (χ3n) is 6.71. The lowest BCUT2D eigenvalue weighted by Gasteiger charge is -2.21. The second-order valence-electron chi connectivity index (χ2n) is 9.08. The van der Waals surface area contributed by atoms with Crippen LogP contribution in [0.2, 0.25) is 0 Å². The summed E-state index contributed by atoms with van der Waals surface area (Å²) in [6.45, 7) is 4.06. The third-order valence-corrected chi connectivity index (χ3v) is 6.71. The summed E-state index contributed by atoms with van der Waals surface area (Å²) in [5, 5.41) is 8.63. The fourth-order valence-corrected chi connectivity index (χ4v) is 5.08. The van der Waals surface area contributed by atoms with Crippen molar-refractivity contribution in [3.8, 4) is 11.1 Å². The van der Waals surface area contributed by atoms with Gasteiger partial charge in [0.05, 0.1) is 34.6 Å². The van der Waals surface area contributed by atoms with Crippen LogP contribution in [0.5, 0.6) is 0 Å². The number of fused-ring (bicyclic) bond motifs is 1. The van der Waals surface area contributed by atoms with Gasteiger partial charge in [0, 0.05) is 43.0 Å². The van der Waals surface area contributed by atoms with E-state index < -0.39 is 0 Å². The molecule has 6 rings (SSSR count). The molecule has 1 aliphatic rings. The monoisotopic (exact) mass is 462 g/mol. The van der Waals surface area contributed by atoms with Crippen molar-refractivity contribution in [2.45, 2.75) is 31.9 Å². The number of oxime groups is 1. The molecule has 7 nitrogen and oxygen atoms in total. The lowest BCUT2D eigenvalue weighted by molar-refractivity contribution is 0.0904. The average Bonchev–Trinajstić information content (AvgIpc) is 3.57. The first-order valence-electron chi connectivity index (χ1n) is 11.8. The quantitative estimate of drug-likeness (QED) is 0.353. The molecule has 5 heterocycles. The van der Waals surface area contributed by atoms with E-state index in [-0.39, 0.29) is 18.1 Å². The summed E-state index contributed by atoms with van der Waals surface area (Å²) in [5.41, 5.74) is 8.21. The molecule has 5 aromatic rings. The van der Waals surface area contributed by atoms with Gasteiger partial charge in [-0.05, 0) is 43.2 Å². The fourth-order valence-electron chi connectivity index (χ4n) is 5.08. The van der Waals surface area contributed by atoms with Gasteiger partial charge in [0.1, 0.15) is 12.1 Å². The van der Waals surface area contributed by atoms with Crippen LogP contribution in [0.3, 0.4) is 0 Å². The van der Waals surface area contributed by atoms with Crippen LogP contribution in [0.4, 0.5) is 0 Å². The standard InChI is InChI=1S/C28H26N6O/c1-18-26(19(2)35-32-18)21-13-25-27(30-14-21)23(22-15-31-33(3)16-22)17-34(25)28(20-9-5-4-6-10-20)24-11-7-8-12-29-24/h4-17,19,26,28H,1-3H3/t19?,26?,28-/m1/s1. The molecular formula is C28H26N6O. The van der Waals surface area contributed by atoms with Gasteiger partial charge < -0.3 is 9.40 Å². The Morgan fingerprint density at radius 3 is 2.49 bits per heavy atom. The molecule has 0 saturated carbocycles. The molecule has 1 aliphatic heterocycles. The van der Waals surface area contributed by atoms with Crippen molar-refractivity contribution >= 4 is 16.7 Å². The van der Waals surface area contributed by atoms with E-state index in [1.807, 2.05) is 61.6 Å². The SMILES string of the molecule is CC1=NOC(C)C1c1cnc2c(-c3cnn(C)c3)cn([C@H](c3ccccc3)c3ccccn3)c2c1. The Morgan fingerprint density at radius 2 is 1.80 bits per heavy atom. The van der Waals surface area contributed by atoms with Crippen LogP contribution >= 0.6 is 0 Å². The van der Waals surface area contributed by atoms with Crippen LogP contribution < -0.4 is 0 Å². The summed E-state index contributed by atoms with van der Waals surface area (Å²) in [4.78, 5) is 15.3. The van der Waals surface area contributed by atoms with Gasteiger partial charge in [-0.1, -0.05) is 41.6 Å². The predicted molar refractivity (Wildman–Crippen MR) is 136 cm³/mol. The minimum absolute atomic E-state index is 0.0313. The molecular weight excluding hydrogens is 436 g/mol. The zero-order valence-electron chi connectivity index (χ0n) is 19.9. The van der Waals surface area contributed by atoms with Crippen LogP contribution in [0.25, 0.3) is 22.2 Å². The highest BCUT2D eigenvalue weighted by Gasteiger charge is 2.31. The Bertz CT molecular complexity index is 1480. The van der Waals surface area contributed by atoms with E-state index in [9.17, 15) is 0 Å². The maximum atomic E-state index is 5.57. The number of aromatic nitrogens is 5. The Morgan fingerprint density at radius 1 is 0.971 bits per heavy atom. The summed E-state index contributed by atoms with van der Waals surface area (Å²) >= 11 is 0. The van der Waals surface area contributed by atoms with Crippen molar-refractivity contribution in [3.63, 3.8) is 0 Å². The summed E-state index contributed by atoms with van der Waals surface area (Å²) in [7, 11) is 1.93. The zero-order valence-corrected chi connectivity index (χ0v) is 19.9. The molecule has 174 valence electrons. The molecule has 35 heavy (non-hydrogen) atoms. The van der Waals surface area contributed by atoms with E-state index >= 15 is 0 Å². The van der Waals surface area contributed by atoms with Crippen molar-refractivity contribution in [2.24, 2.45) is 12.2 Å². The maximum absolute atomic E-state index is 5.57. The molecule has 0 radical (unpaired) electrons. The van der Waals surface area contributed by atoms with E-state index in [0.717, 1.165) is 44.7 Å². The number of hydrogen-bond donors (Lipinski definition) is 0. The van der Waals surface area contributed by atoms with Gasteiger partial charge in [0.25, 0.3) is 0 Å². The van der Waals surface area contributed by atoms with E-state index in [0.29, 0.717) is 0 Å². The number of hydrogen-bond acceptors (Lipinski definition) is 5. The molecule has 0 N–H and O–H groups in total. The van der Waals surface area contributed by atoms with Gasteiger partial charge in [-0.15, -0.1) is 0 Å². The summed E-state index contributed by atoms with van der Waals surface area (Å²) < 4.78 is 4.11. The number of nitrogens with zero attached hydrogens (tertiary/aromatic N) is 6. The Kier molecular flexibility index (Phi) is 5.17. The Labute approximate surface area is 203 Å². The van der Waals surface area contributed by atoms with Crippen LogP contribution in [0, 0.1) is 0 Å². The van der Waals surface area contributed by atoms with Gasteiger partial charge in [0.2, 0.25) is 0 Å². The summed E-state index contributed by atoms with van der Waals surface area (Å²) in [6.07, 6.45) is 9.86. The summed E-state index contributed by atoms with van der Waals surface area (Å²) in [5.74, 6) is 0.0714. The van der Waals surface area contributed by atoms with E-state index in [4.69, 9.17) is 14.8 Å². The molecule has 0 aliphatic carbocycles. The molecule has 3 atom stereocenters. The van der Waals surface area contributed by atoms with Crippen LogP contribution in [-0.2, 0) is 11.9 Å². The van der Waals surface area contributed by atoms with Gasteiger partial charge >= 0.3 is 0 Å². The van der Waals surface area contributed by atoms with E-state index in [1.165, 1.54) is 0 Å². The number of aryl methyl sites for hydroxylation is 1. The average molecular weight is 463 g/mol. The van der Waals surface area contributed by atoms with Crippen molar-refractivity contribution in [2.75, 3.05) is 0 Å². The van der Waals surface area contributed by atoms with E-state index in [2.05, 4.69) is 64.3 Å². The fraction of sp³-hybridized carbons (Fsp3) is 0.214. The Balaban J connectivity index is 1.62. The topological polar surface area (TPSA) is 70.1 Å². The first-order chi connectivity index (χ1) is 17.1. The lowest BCUT2D eigenvalue weighted by Crippen LogP contribution is -2.17. The van der Waals surface area contributed by atoms with Crippen molar-refractivity contribution < 1.29 is 4.84 Å². The molecule has 0 spiro atoms. The highest BCUT2D eigenvalue weighted by atomic mass is 16.6. The highest BCUT2D eigenvalue weighted by molar-refractivity contribution is 5.95. The highest BCUT2D eigenvalue weighted by Crippen LogP contribution is 2.38. The van der Waals surface area contributed by atoms with Gasteiger partial charge in [-0.25, -0.2) is 0 Å². The van der Waals surface area contributed by atoms with Gasteiger partial charge in [-0.3, -0.25) is 14.6 Å². The van der Waals surface area contributed by atoms with Crippen molar-refractivity contribution in [3.05, 3.63) is 102 Å². The first kappa shape index (κ1) is 21.3. The number of rotatable bonds is 5. The molecule has 0 fully saturated rings. The molecule has 7 heteroatoms. The molecule has 2 unspecified atom stereocenters. The smallest absolute Gasteiger partial charge is 0.137 e. The molecule has 0 bridgehead atoms. The molecule has 0 amide bonds. The molecule has 0 saturated heterocycles. The zero-order chi connectivity index (χ0) is 23.9. The normalized spacial score (nSPS) is 18.4. The Hall–Kier alpha value is -4.26. The van der Waals surface area contributed by atoms with E-state index in [1.54, 1.807) is 0 Å². The van der Waals surface area contributed by atoms with Crippen LogP contribution in [0.1, 0.15) is 42.6 Å². The second kappa shape index (κ2) is 8.51. The predicted octanol–water partition coefficient (Wildman–Crippen LogP) is 5.35. The molecule has 1 aromatic carbocycles. The molecule has 4 aromatic heterocycles. The van der Waals surface area contributed by atoms with Crippen LogP contribution in [0.15, 0.2) is 90.7 Å². The maximum Gasteiger partial charge on any atom is 0.137 e. The van der Waals surface area contributed by atoms with Gasteiger partial charge in [0.15, 0.2) is 0 Å². The first-order valence-corrected chi connectivity index (χ1v) is 11.8. The minimum Gasteiger partial charge on any atom is -0.392 e. The largest absolute Gasteiger partial charge is 0.392 e. The van der Waals surface area contributed by atoms with Crippen molar-refractivity contribution in [1.29, 1.82) is 0 Å². The lowest BCUT2D eigenvalue weighted by atomic mass is 9.92. The minimum atomic E-state index is -0.116. The van der Waals surface area contributed by atoms with Crippen molar-refractivity contribution in [1.82, 2.24) is 24.3 Å². The van der Waals surface area contributed by atoms with Crippen LogP contribution in [-0.4, -0.2) is 36.1 Å². The van der Waals surface area contributed by atoms with Gasteiger partial charge in [-0.2, -0.15) is 5.10 Å². The third kappa shape index (κ3) is 3.69. The number of pyridine rings is 2. The second-order valence-corrected chi connectivity index (χ2v) is 9.08. The summed E-state index contributed by atoms with van der Waals surface area (Å²) in [6, 6.07) is 18.7. The number of benzene rings is 1.